The molecule has 0 aliphatic heterocycles. The van der Waals surface area contributed by atoms with Crippen molar-refractivity contribution in [3.8, 4) is 0 Å². The lowest BCUT2D eigenvalue weighted by molar-refractivity contribution is -0.152. The summed E-state index contributed by atoms with van der Waals surface area (Å²) in [5, 5.41) is 13.3. The summed E-state index contributed by atoms with van der Waals surface area (Å²) in [6.45, 7) is 6.29. The van der Waals surface area contributed by atoms with Crippen LogP contribution in [0.5, 0.6) is 0 Å². The highest BCUT2D eigenvalue weighted by Crippen LogP contribution is 2.43. The van der Waals surface area contributed by atoms with Crippen molar-refractivity contribution in [3.05, 3.63) is 45.5 Å². The SMILES string of the molecule is CC(C)(C)CN(CC(=O)c1c(Cl)cncc1Cl)C(=O)c1cnn(C2CCC(C)(C(=O)O)CC2)c1C(F)(F)F. The monoisotopic (exact) mass is 576 g/mol. The molecule has 1 fully saturated rings. The molecular weight excluding hydrogens is 548 g/mol. The fraction of sp³-hybridized carbons (Fsp3) is 0.560. The van der Waals surface area contributed by atoms with Crippen LogP contribution in [-0.2, 0) is 11.0 Å². The molecule has 3 rings (SSSR count). The molecule has 0 spiro atoms. The zero-order valence-corrected chi connectivity index (χ0v) is 22.9. The standard InChI is InChI=1S/C25H29Cl2F3N4O4/c1-23(2,3)13-33(12-18(35)19-16(26)10-31-11-17(19)27)21(36)15-9-32-34(20(15)25(28,29)30)14-5-7-24(4,8-6-14)22(37)38/h9-11,14H,5-8,12-13H2,1-4H3,(H,37,38). The summed E-state index contributed by atoms with van der Waals surface area (Å²) in [5.41, 5.74) is -3.59. The molecule has 0 bridgehead atoms. The topological polar surface area (TPSA) is 105 Å². The number of carboxylic acids is 1. The van der Waals surface area contributed by atoms with E-state index in [9.17, 15) is 32.7 Å². The fourth-order valence-electron chi connectivity index (χ4n) is 4.65. The summed E-state index contributed by atoms with van der Waals surface area (Å²) in [6, 6.07) is -0.729. The minimum atomic E-state index is -4.93. The number of Topliss-reactive ketones (excluding diaryl/α,β-unsaturated/α-hetero) is 1. The molecule has 13 heteroatoms. The predicted octanol–water partition coefficient (Wildman–Crippen LogP) is 6.18. The number of carbonyl (C=O) groups is 3. The van der Waals surface area contributed by atoms with Gasteiger partial charge in [-0.1, -0.05) is 44.0 Å². The second-order valence-corrected chi connectivity index (χ2v) is 11.9. The van der Waals surface area contributed by atoms with Crippen molar-refractivity contribution in [1.29, 1.82) is 0 Å². The molecule has 1 N–H and O–H groups in total. The van der Waals surface area contributed by atoms with Gasteiger partial charge in [-0.25, -0.2) is 0 Å². The van der Waals surface area contributed by atoms with Gasteiger partial charge in [0.05, 0.1) is 45.4 Å². The number of nitrogens with zero attached hydrogens (tertiary/aromatic N) is 4. The molecule has 0 aromatic carbocycles. The summed E-state index contributed by atoms with van der Waals surface area (Å²) in [7, 11) is 0. The van der Waals surface area contributed by atoms with Crippen molar-refractivity contribution >= 4 is 40.9 Å². The van der Waals surface area contributed by atoms with Crippen LogP contribution in [-0.4, -0.2) is 55.5 Å². The molecule has 1 saturated carbocycles. The van der Waals surface area contributed by atoms with Gasteiger partial charge < -0.3 is 10.0 Å². The largest absolute Gasteiger partial charge is 0.481 e. The lowest BCUT2D eigenvalue weighted by Gasteiger charge is -2.34. The van der Waals surface area contributed by atoms with Crippen molar-refractivity contribution in [1.82, 2.24) is 19.7 Å². The number of hydrogen-bond acceptors (Lipinski definition) is 5. The second kappa shape index (κ2) is 10.8. The molecule has 0 radical (unpaired) electrons. The van der Waals surface area contributed by atoms with Crippen LogP contribution < -0.4 is 0 Å². The van der Waals surface area contributed by atoms with Crippen LogP contribution in [0.15, 0.2) is 18.6 Å². The second-order valence-electron chi connectivity index (χ2n) is 11.1. The number of carboxylic acid groups (broad SMARTS) is 1. The van der Waals surface area contributed by atoms with E-state index in [0.717, 1.165) is 15.8 Å². The summed E-state index contributed by atoms with van der Waals surface area (Å²) in [4.78, 5) is 43.1. The Labute approximate surface area is 228 Å². The predicted molar refractivity (Wildman–Crippen MR) is 134 cm³/mol. The van der Waals surface area contributed by atoms with Crippen LogP contribution in [0.2, 0.25) is 10.0 Å². The Hall–Kier alpha value is -2.66. The summed E-state index contributed by atoms with van der Waals surface area (Å²) in [5.74, 6) is -2.67. The van der Waals surface area contributed by atoms with Gasteiger partial charge in [-0.15, -0.1) is 0 Å². The molecule has 2 aromatic rings. The zero-order valence-electron chi connectivity index (χ0n) is 21.4. The van der Waals surface area contributed by atoms with Crippen LogP contribution in [0, 0.1) is 10.8 Å². The summed E-state index contributed by atoms with van der Waals surface area (Å²) >= 11 is 12.2. The van der Waals surface area contributed by atoms with Crippen LogP contribution >= 0.6 is 23.2 Å². The van der Waals surface area contributed by atoms with Crippen molar-refractivity contribution in [2.75, 3.05) is 13.1 Å². The minimum Gasteiger partial charge on any atom is -0.481 e. The first-order valence-electron chi connectivity index (χ1n) is 11.9. The molecular formula is C25H29Cl2F3N4O4. The summed E-state index contributed by atoms with van der Waals surface area (Å²) in [6.07, 6.45) is -0.984. The molecule has 0 unspecified atom stereocenters. The normalized spacial score (nSPS) is 20.3. The minimum absolute atomic E-state index is 0.0409. The summed E-state index contributed by atoms with van der Waals surface area (Å²) < 4.78 is 43.8. The average Bonchev–Trinajstić information content (AvgIpc) is 3.23. The fourth-order valence-corrected chi connectivity index (χ4v) is 5.22. The Bertz CT molecular complexity index is 1210. The highest BCUT2D eigenvalue weighted by molar-refractivity contribution is 6.39. The first kappa shape index (κ1) is 29.9. The van der Waals surface area contributed by atoms with Gasteiger partial charge >= 0.3 is 12.1 Å². The third-order valence-electron chi connectivity index (χ3n) is 6.63. The van der Waals surface area contributed by atoms with Gasteiger partial charge in [0, 0.05) is 18.9 Å². The molecule has 2 aromatic heterocycles. The molecule has 1 aliphatic rings. The van der Waals surface area contributed by atoms with E-state index in [4.69, 9.17) is 23.2 Å². The lowest BCUT2D eigenvalue weighted by Crippen LogP contribution is -2.42. The number of aliphatic carboxylic acids is 1. The molecule has 1 amide bonds. The van der Waals surface area contributed by atoms with Crippen LogP contribution in [0.3, 0.4) is 0 Å². The van der Waals surface area contributed by atoms with Crippen LogP contribution in [0.25, 0.3) is 0 Å². The van der Waals surface area contributed by atoms with E-state index >= 15 is 0 Å². The van der Waals surface area contributed by atoms with Gasteiger partial charge in [0.25, 0.3) is 5.91 Å². The van der Waals surface area contributed by atoms with Gasteiger partial charge in [0.15, 0.2) is 11.5 Å². The Morgan fingerprint density at radius 3 is 2.13 bits per heavy atom. The smallest absolute Gasteiger partial charge is 0.433 e. The molecule has 2 heterocycles. The number of halogens is 5. The van der Waals surface area contributed by atoms with Crippen molar-refractivity contribution < 1.29 is 32.7 Å². The Balaban J connectivity index is 1.98. The van der Waals surface area contributed by atoms with E-state index in [1.165, 1.54) is 12.4 Å². The molecule has 208 valence electrons. The molecule has 0 saturated heterocycles. The molecule has 1 aliphatic carbocycles. The zero-order chi connectivity index (χ0) is 28.6. The first-order chi connectivity index (χ1) is 17.4. The lowest BCUT2D eigenvalue weighted by atomic mass is 9.74. The maximum absolute atomic E-state index is 14.3. The van der Waals surface area contributed by atoms with E-state index in [-0.39, 0.29) is 47.8 Å². The van der Waals surface area contributed by atoms with E-state index < -0.39 is 58.5 Å². The van der Waals surface area contributed by atoms with E-state index in [2.05, 4.69) is 10.1 Å². The number of alkyl halides is 3. The number of hydrogen-bond donors (Lipinski definition) is 1. The number of aromatic nitrogens is 3. The maximum atomic E-state index is 14.3. The maximum Gasteiger partial charge on any atom is 0.433 e. The van der Waals surface area contributed by atoms with Gasteiger partial charge in [0.1, 0.15) is 0 Å². The van der Waals surface area contributed by atoms with Crippen molar-refractivity contribution in [2.24, 2.45) is 10.8 Å². The molecule has 38 heavy (non-hydrogen) atoms. The number of amides is 1. The van der Waals surface area contributed by atoms with Crippen LogP contribution in [0.4, 0.5) is 13.2 Å². The Morgan fingerprint density at radius 1 is 1.11 bits per heavy atom. The first-order valence-corrected chi connectivity index (χ1v) is 12.7. The third-order valence-corrected chi connectivity index (χ3v) is 7.21. The number of rotatable bonds is 7. The van der Waals surface area contributed by atoms with Gasteiger partial charge in [0.2, 0.25) is 0 Å². The molecule has 8 nitrogen and oxygen atoms in total. The van der Waals surface area contributed by atoms with Crippen LogP contribution in [0.1, 0.15) is 85.8 Å². The van der Waals surface area contributed by atoms with Crippen molar-refractivity contribution in [3.63, 3.8) is 0 Å². The van der Waals surface area contributed by atoms with E-state index in [1.807, 2.05) is 0 Å². The Kier molecular flexibility index (Phi) is 8.53. The van der Waals surface area contributed by atoms with E-state index in [0.29, 0.717) is 0 Å². The number of ketones is 1. The van der Waals surface area contributed by atoms with Crippen molar-refractivity contribution in [2.45, 2.75) is 65.6 Å². The van der Waals surface area contributed by atoms with Gasteiger partial charge in [-0.05, 0) is 38.0 Å². The van der Waals surface area contributed by atoms with E-state index in [1.54, 1.807) is 27.7 Å². The number of pyridine rings is 1. The Morgan fingerprint density at radius 2 is 1.66 bits per heavy atom. The average molecular weight is 577 g/mol. The number of carbonyl (C=O) groups excluding carboxylic acids is 2. The third kappa shape index (κ3) is 6.48. The molecule has 0 atom stereocenters. The van der Waals surface area contributed by atoms with Gasteiger partial charge in [-0.3, -0.25) is 24.0 Å². The quantitative estimate of drug-likeness (QED) is 0.394. The van der Waals surface area contributed by atoms with Gasteiger partial charge in [-0.2, -0.15) is 18.3 Å². The highest BCUT2D eigenvalue weighted by Gasteiger charge is 2.45. The highest BCUT2D eigenvalue weighted by atomic mass is 35.5.